The molecule has 0 unspecified atom stereocenters. The largest absolute Gasteiger partial charge is 0.355 e. The van der Waals surface area contributed by atoms with Crippen LogP contribution in [0.5, 0.6) is 0 Å². The van der Waals surface area contributed by atoms with Crippen molar-refractivity contribution in [2.45, 2.75) is 33.6 Å². The molecule has 4 heteroatoms. The Morgan fingerprint density at radius 3 is 2.46 bits per heavy atom. The fourth-order valence-corrected chi connectivity index (χ4v) is 3.61. The van der Waals surface area contributed by atoms with Gasteiger partial charge in [0.15, 0.2) is 0 Å². The quantitative estimate of drug-likeness (QED) is 0.737. The molecule has 144 valence electrons. The number of amides is 1. The van der Waals surface area contributed by atoms with E-state index in [1.807, 2.05) is 6.07 Å². The van der Waals surface area contributed by atoms with Crippen LogP contribution in [0.1, 0.15) is 39.2 Å². The summed E-state index contributed by atoms with van der Waals surface area (Å²) in [6.07, 6.45) is 4.19. The van der Waals surface area contributed by atoms with E-state index < -0.39 is 0 Å². The first-order valence-electron chi connectivity index (χ1n) is 10.1. The van der Waals surface area contributed by atoms with Gasteiger partial charge < -0.3 is 10.2 Å². The predicted octanol–water partition coefficient (Wildman–Crippen LogP) is 3.26. The van der Waals surface area contributed by atoms with Crippen molar-refractivity contribution in [1.29, 1.82) is 0 Å². The number of carbonyl (C=O) groups excluding carboxylic acids is 1. The van der Waals surface area contributed by atoms with E-state index in [1.54, 1.807) is 0 Å². The van der Waals surface area contributed by atoms with Crippen molar-refractivity contribution in [3.8, 4) is 0 Å². The van der Waals surface area contributed by atoms with Crippen molar-refractivity contribution >= 4 is 12.0 Å². The van der Waals surface area contributed by atoms with Crippen molar-refractivity contribution in [2.75, 3.05) is 45.8 Å². The van der Waals surface area contributed by atoms with Gasteiger partial charge in [-0.15, -0.1) is 0 Å². The first-order valence-corrected chi connectivity index (χ1v) is 10.1. The maximum atomic E-state index is 12.4. The molecule has 0 spiro atoms. The monoisotopic (exact) mass is 357 g/mol. The molecule has 2 rings (SSSR count). The van der Waals surface area contributed by atoms with Crippen LogP contribution in [0.25, 0.3) is 6.08 Å². The van der Waals surface area contributed by atoms with Crippen LogP contribution in [-0.4, -0.2) is 61.5 Å². The van der Waals surface area contributed by atoms with Gasteiger partial charge in [0.2, 0.25) is 5.91 Å². The third kappa shape index (κ3) is 6.93. The summed E-state index contributed by atoms with van der Waals surface area (Å²) in [6, 6.07) is 10.5. The van der Waals surface area contributed by atoms with E-state index in [0.29, 0.717) is 0 Å². The van der Waals surface area contributed by atoms with Gasteiger partial charge in [-0.25, -0.2) is 0 Å². The lowest BCUT2D eigenvalue weighted by Gasteiger charge is -2.31. The van der Waals surface area contributed by atoms with E-state index >= 15 is 0 Å². The van der Waals surface area contributed by atoms with Gasteiger partial charge in [-0.1, -0.05) is 55.8 Å². The molecule has 1 aromatic rings. The maximum absolute atomic E-state index is 12.4. The highest BCUT2D eigenvalue weighted by molar-refractivity contribution is 5.78. The van der Waals surface area contributed by atoms with E-state index in [9.17, 15) is 4.79 Å². The average molecular weight is 358 g/mol. The van der Waals surface area contributed by atoms with Gasteiger partial charge in [0.25, 0.3) is 0 Å². The smallest absolute Gasteiger partial charge is 0.223 e. The van der Waals surface area contributed by atoms with Crippen LogP contribution in [0.3, 0.4) is 0 Å². The van der Waals surface area contributed by atoms with Crippen LogP contribution in [0.2, 0.25) is 0 Å². The molecule has 1 aromatic carbocycles. The Hall–Kier alpha value is -1.65. The molecule has 0 aromatic heterocycles. The Morgan fingerprint density at radius 1 is 1.19 bits per heavy atom. The fourth-order valence-electron chi connectivity index (χ4n) is 3.61. The number of likely N-dealkylation sites (tertiary alicyclic amines) is 1. The second kappa shape index (κ2) is 11.1. The van der Waals surface area contributed by atoms with Crippen LogP contribution < -0.4 is 5.32 Å². The van der Waals surface area contributed by atoms with E-state index in [2.05, 4.69) is 66.2 Å². The molecule has 0 radical (unpaired) electrons. The van der Waals surface area contributed by atoms with Crippen molar-refractivity contribution in [1.82, 2.24) is 15.1 Å². The minimum atomic E-state index is 0.182. The lowest BCUT2D eigenvalue weighted by molar-refractivity contribution is -0.126. The van der Waals surface area contributed by atoms with Crippen LogP contribution in [0.15, 0.2) is 35.9 Å². The van der Waals surface area contributed by atoms with E-state index in [-0.39, 0.29) is 11.8 Å². The molecule has 1 amide bonds. The van der Waals surface area contributed by atoms with Gasteiger partial charge in [-0.2, -0.15) is 0 Å². The Balaban J connectivity index is 1.69. The summed E-state index contributed by atoms with van der Waals surface area (Å²) in [5.74, 6) is 0.426. The van der Waals surface area contributed by atoms with Crippen LogP contribution in [0.4, 0.5) is 0 Å². The molecule has 1 N–H and O–H groups in total. The topological polar surface area (TPSA) is 35.6 Å². The van der Waals surface area contributed by atoms with Gasteiger partial charge in [-0.05, 0) is 51.5 Å². The maximum Gasteiger partial charge on any atom is 0.223 e. The van der Waals surface area contributed by atoms with E-state index in [0.717, 1.165) is 58.7 Å². The standard InChI is InChI=1S/C22H35N3O/c1-4-24(5-2)16-13-23-22(26)21-11-14-25(15-12-21)18-19(3)17-20-9-7-6-8-10-20/h6-10,17,21H,4-5,11-16,18H2,1-3H3,(H,23,26)/b19-17+. The zero-order valence-corrected chi connectivity index (χ0v) is 16.7. The molecule has 1 aliphatic heterocycles. The molecule has 26 heavy (non-hydrogen) atoms. The fraction of sp³-hybridized carbons (Fsp3) is 0.591. The molecule has 1 aliphatic rings. The molecule has 1 saturated heterocycles. The number of carbonyl (C=O) groups is 1. The lowest BCUT2D eigenvalue weighted by Crippen LogP contribution is -2.42. The minimum absolute atomic E-state index is 0.182. The van der Waals surface area contributed by atoms with Crippen LogP contribution in [0, 0.1) is 5.92 Å². The average Bonchev–Trinajstić information content (AvgIpc) is 2.66. The Bertz CT molecular complexity index is 558. The molecular formula is C22H35N3O. The second-order valence-corrected chi connectivity index (χ2v) is 7.27. The summed E-state index contributed by atoms with van der Waals surface area (Å²) in [5, 5.41) is 3.13. The Labute approximate surface area is 159 Å². The lowest BCUT2D eigenvalue weighted by atomic mass is 9.95. The summed E-state index contributed by atoms with van der Waals surface area (Å²) in [7, 11) is 0. The first-order chi connectivity index (χ1) is 12.6. The SMILES string of the molecule is CCN(CC)CCNC(=O)C1CCN(C/C(C)=C/c2ccccc2)CC1. The van der Waals surface area contributed by atoms with Gasteiger partial charge >= 0.3 is 0 Å². The zero-order valence-electron chi connectivity index (χ0n) is 16.7. The minimum Gasteiger partial charge on any atom is -0.355 e. The van der Waals surface area contributed by atoms with Crippen molar-refractivity contribution in [2.24, 2.45) is 5.92 Å². The van der Waals surface area contributed by atoms with E-state index in [4.69, 9.17) is 0 Å². The molecule has 4 nitrogen and oxygen atoms in total. The summed E-state index contributed by atoms with van der Waals surface area (Å²) in [5.41, 5.74) is 2.63. The Morgan fingerprint density at radius 2 is 1.85 bits per heavy atom. The van der Waals surface area contributed by atoms with Crippen molar-refractivity contribution in [3.05, 3.63) is 41.5 Å². The second-order valence-electron chi connectivity index (χ2n) is 7.27. The van der Waals surface area contributed by atoms with Crippen LogP contribution >= 0.6 is 0 Å². The van der Waals surface area contributed by atoms with Crippen LogP contribution in [-0.2, 0) is 4.79 Å². The van der Waals surface area contributed by atoms with E-state index in [1.165, 1.54) is 11.1 Å². The Kier molecular flexibility index (Phi) is 8.86. The van der Waals surface area contributed by atoms with Crippen molar-refractivity contribution < 1.29 is 4.79 Å². The van der Waals surface area contributed by atoms with Crippen molar-refractivity contribution in [3.63, 3.8) is 0 Å². The first kappa shape index (κ1) is 20.7. The third-order valence-electron chi connectivity index (χ3n) is 5.27. The molecule has 0 saturated carbocycles. The highest BCUT2D eigenvalue weighted by atomic mass is 16.1. The summed E-state index contributed by atoms with van der Waals surface area (Å²) >= 11 is 0. The molecule has 1 heterocycles. The molecule has 0 aliphatic carbocycles. The number of nitrogens with one attached hydrogen (secondary N) is 1. The summed E-state index contributed by atoms with van der Waals surface area (Å²) in [4.78, 5) is 17.2. The predicted molar refractivity (Wildman–Crippen MR) is 110 cm³/mol. The normalized spacial score (nSPS) is 16.8. The summed E-state index contributed by atoms with van der Waals surface area (Å²) < 4.78 is 0. The number of likely N-dealkylation sites (N-methyl/N-ethyl adjacent to an activating group) is 1. The van der Waals surface area contributed by atoms with Gasteiger partial charge in [-0.3, -0.25) is 9.69 Å². The highest BCUT2D eigenvalue weighted by Crippen LogP contribution is 2.18. The number of hydrogen-bond acceptors (Lipinski definition) is 3. The third-order valence-corrected chi connectivity index (χ3v) is 5.27. The number of benzene rings is 1. The number of nitrogens with zero attached hydrogens (tertiary/aromatic N) is 2. The highest BCUT2D eigenvalue weighted by Gasteiger charge is 2.24. The van der Waals surface area contributed by atoms with Gasteiger partial charge in [0.05, 0.1) is 0 Å². The number of piperidine rings is 1. The molecule has 0 atom stereocenters. The zero-order chi connectivity index (χ0) is 18.8. The van der Waals surface area contributed by atoms with Gasteiger partial charge in [0.1, 0.15) is 0 Å². The number of rotatable bonds is 9. The van der Waals surface area contributed by atoms with Gasteiger partial charge in [0, 0.05) is 25.6 Å². The molecule has 0 bridgehead atoms. The molecule has 1 fully saturated rings. The molecular weight excluding hydrogens is 322 g/mol. The summed E-state index contributed by atoms with van der Waals surface area (Å²) in [6.45, 7) is 13.3. The number of hydrogen-bond donors (Lipinski definition) is 1.